The van der Waals surface area contributed by atoms with Crippen molar-refractivity contribution in [1.29, 1.82) is 0 Å². The number of carbonyl (C=O) groups is 2. The molecule has 2 amide bonds. The van der Waals surface area contributed by atoms with E-state index in [4.69, 9.17) is 13.9 Å². The summed E-state index contributed by atoms with van der Waals surface area (Å²) in [7, 11) is 0. The summed E-state index contributed by atoms with van der Waals surface area (Å²) in [6.07, 6.45) is 1.81. The molecule has 4 aliphatic rings. The van der Waals surface area contributed by atoms with Gasteiger partial charge in [-0.2, -0.15) is 4.68 Å². The number of hydrogen-bond donors (Lipinski definition) is 0. The van der Waals surface area contributed by atoms with Gasteiger partial charge in [-0.3, -0.25) is 19.5 Å². The molecule has 0 bridgehead atoms. The van der Waals surface area contributed by atoms with Crippen LogP contribution in [0.1, 0.15) is 51.8 Å². The lowest BCUT2D eigenvalue weighted by molar-refractivity contribution is -0.134. The van der Waals surface area contributed by atoms with E-state index in [2.05, 4.69) is 14.9 Å². The summed E-state index contributed by atoms with van der Waals surface area (Å²) < 4.78 is 18.1. The average Bonchev–Trinajstić information content (AvgIpc) is 3.67. The fraction of sp³-hybridized carbons (Fsp3) is 0.846. The summed E-state index contributed by atoms with van der Waals surface area (Å²) in [5.41, 5.74) is -0.625. The van der Waals surface area contributed by atoms with E-state index in [0.717, 1.165) is 71.1 Å². The fourth-order valence-electron chi connectivity index (χ4n) is 5.83. The Hall–Kier alpha value is -2.09. The van der Waals surface area contributed by atoms with Crippen molar-refractivity contribution in [2.75, 3.05) is 70.7 Å². The molecule has 1 aromatic heterocycles. The molecule has 0 saturated carbocycles. The molecule has 13 heteroatoms. The molecule has 12 nitrogen and oxygen atoms in total. The molecule has 5 rings (SSSR count). The van der Waals surface area contributed by atoms with Crippen molar-refractivity contribution >= 4 is 23.8 Å². The van der Waals surface area contributed by atoms with Crippen molar-refractivity contribution in [3.8, 4) is 0 Å². The molecule has 0 aliphatic carbocycles. The van der Waals surface area contributed by atoms with Crippen LogP contribution in [0.2, 0.25) is 0 Å². The van der Waals surface area contributed by atoms with Crippen LogP contribution in [0.5, 0.6) is 0 Å². The summed E-state index contributed by atoms with van der Waals surface area (Å²) >= 11 is 1.74. The van der Waals surface area contributed by atoms with Crippen LogP contribution >= 0.6 is 11.8 Å². The Labute approximate surface area is 233 Å². The number of hydrogen-bond acceptors (Lipinski definition) is 10. The third kappa shape index (κ3) is 6.98. The second kappa shape index (κ2) is 12.2. The molecule has 0 unspecified atom stereocenters. The van der Waals surface area contributed by atoms with Crippen LogP contribution in [0.15, 0.2) is 9.21 Å². The number of thioether (sulfide) groups is 1. The molecule has 4 saturated heterocycles. The van der Waals surface area contributed by atoms with Gasteiger partial charge in [0.25, 0.3) is 0 Å². The highest BCUT2D eigenvalue weighted by molar-refractivity contribution is 7.99. The summed E-state index contributed by atoms with van der Waals surface area (Å²) in [6.45, 7) is 12.8. The molecule has 0 spiro atoms. The molecule has 218 valence electrons. The third-order valence-corrected chi connectivity index (χ3v) is 8.97. The molecule has 1 aromatic rings. The fourth-order valence-corrected chi connectivity index (χ4v) is 6.79. The topological polar surface area (TPSA) is 114 Å². The number of morpholine rings is 1. The van der Waals surface area contributed by atoms with E-state index in [9.17, 15) is 14.4 Å². The summed E-state index contributed by atoms with van der Waals surface area (Å²) in [4.78, 5) is 47.0. The highest BCUT2D eigenvalue weighted by Gasteiger charge is 2.45. The Morgan fingerprint density at radius 3 is 2.49 bits per heavy atom. The van der Waals surface area contributed by atoms with E-state index in [1.165, 1.54) is 4.68 Å². The number of ether oxygens (including phenoxy) is 2. The monoisotopic (exact) mass is 566 g/mol. The Morgan fingerprint density at radius 2 is 1.82 bits per heavy atom. The maximum atomic E-state index is 13.4. The lowest BCUT2D eigenvalue weighted by Crippen LogP contribution is -2.48. The zero-order valence-corrected chi connectivity index (χ0v) is 24.2. The van der Waals surface area contributed by atoms with Gasteiger partial charge in [0.15, 0.2) is 0 Å². The van der Waals surface area contributed by atoms with Crippen LogP contribution < -0.4 is 5.76 Å². The third-order valence-electron chi connectivity index (χ3n) is 8.01. The number of carbonyl (C=O) groups excluding carboxylic acids is 2. The first kappa shape index (κ1) is 28.4. The predicted molar refractivity (Wildman–Crippen MR) is 146 cm³/mol. The molecule has 0 N–H and O–H groups in total. The quantitative estimate of drug-likeness (QED) is 0.499. The molecule has 39 heavy (non-hydrogen) atoms. The SMILES string of the molecule is CC(C)(C)OC(=O)N1C[C@@H](N2CCC(c3nn(CCN4CCOCC4)c(=O)o3)CC2)C[C@H]1C(=O)N1CCSC1. The summed E-state index contributed by atoms with van der Waals surface area (Å²) in [6, 6.07) is -0.415. The van der Waals surface area contributed by atoms with Crippen LogP contribution in [0.25, 0.3) is 0 Å². The molecule has 0 radical (unpaired) electrons. The van der Waals surface area contributed by atoms with Gasteiger partial charge in [-0.15, -0.1) is 16.9 Å². The first-order chi connectivity index (χ1) is 18.7. The minimum Gasteiger partial charge on any atom is -0.444 e. The van der Waals surface area contributed by atoms with Gasteiger partial charge in [-0.05, 0) is 53.1 Å². The van der Waals surface area contributed by atoms with E-state index in [1.807, 2.05) is 25.7 Å². The van der Waals surface area contributed by atoms with Gasteiger partial charge in [0.1, 0.15) is 11.6 Å². The molecule has 0 aromatic carbocycles. The highest BCUT2D eigenvalue weighted by atomic mass is 32.2. The zero-order chi connectivity index (χ0) is 27.6. The Bertz CT molecular complexity index is 1050. The Morgan fingerprint density at radius 1 is 1.08 bits per heavy atom. The van der Waals surface area contributed by atoms with E-state index >= 15 is 0 Å². The Kier molecular flexibility index (Phi) is 8.89. The van der Waals surface area contributed by atoms with Crippen LogP contribution in [0.4, 0.5) is 4.79 Å². The van der Waals surface area contributed by atoms with Crippen molar-refractivity contribution in [3.63, 3.8) is 0 Å². The van der Waals surface area contributed by atoms with Gasteiger partial charge in [0.2, 0.25) is 11.8 Å². The van der Waals surface area contributed by atoms with Crippen molar-refractivity contribution in [1.82, 2.24) is 29.4 Å². The largest absolute Gasteiger partial charge is 0.444 e. The number of piperidine rings is 1. The second-order valence-corrected chi connectivity index (χ2v) is 12.9. The van der Waals surface area contributed by atoms with Gasteiger partial charge < -0.3 is 18.8 Å². The van der Waals surface area contributed by atoms with Gasteiger partial charge in [0.05, 0.1) is 25.6 Å². The number of aromatic nitrogens is 2. The number of amides is 2. The maximum absolute atomic E-state index is 13.4. The number of nitrogens with zero attached hydrogens (tertiary/aromatic N) is 6. The standard InChI is InChI=1S/C26H42N6O6S/c1-26(2,3)38-24(34)31-17-20(16-21(31)23(33)30-12-15-39-18-30)29-6-4-19(5-7-29)22-27-32(25(35)37-22)9-8-28-10-13-36-14-11-28/h19-21H,4-18H2,1-3H3/t20-,21-/m0/s1. The lowest BCUT2D eigenvalue weighted by Gasteiger charge is -2.34. The molecule has 2 atom stereocenters. The van der Waals surface area contributed by atoms with Crippen molar-refractivity contribution in [3.05, 3.63) is 16.4 Å². The average molecular weight is 567 g/mol. The first-order valence-corrected chi connectivity index (χ1v) is 15.3. The smallest absolute Gasteiger partial charge is 0.437 e. The second-order valence-electron chi connectivity index (χ2n) is 11.9. The van der Waals surface area contributed by atoms with Crippen LogP contribution in [-0.2, 0) is 20.8 Å². The summed E-state index contributed by atoms with van der Waals surface area (Å²) in [5, 5.41) is 4.53. The van der Waals surface area contributed by atoms with Crippen molar-refractivity contribution in [2.24, 2.45) is 0 Å². The Balaban J connectivity index is 1.18. The van der Waals surface area contributed by atoms with Crippen molar-refractivity contribution < 1.29 is 23.5 Å². The predicted octanol–water partition coefficient (Wildman–Crippen LogP) is 1.26. The van der Waals surface area contributed by atoms with E-state index in [0.29, 0.717) is 31.3 Å². The van der Waals surface area contributed by atoms with E-state index < -0.39 is 23.5 Å². The highest BCUT2D eigenvalue weighted by Crippen LogP contribution is 2.32. The molecular formula is C26H42N6O6S. The van der Waals surface area contributed by atoms with E-state index in [-0.39, 0.29) is 17.9 Å². The number of likely N-dealkylation sites (tertiary alicyclic amines) is 2. The first-order valence-electron chi connectivity index (χ1n) is 14.2. The normalized spacial score (nSPS) is 25.9. The maximum Gasteiger partial charge on any atom is 0.437 e. The van der Waals surface area contributed by atoms with Crippen LogP contribution in [0, 0.1) is 0 Å². The lowest BCUT2D eigenvalue weighted by atomic mass is 9.95. The molecule has 4 aliphatic heterocycles. The van der Waals surface area contributed by atoms with Crippen LogP contribution in [-0.4, -0.2) is 130 Å². The van der Waals surface area contributed by atoms with Gasteiger partial charge in [-0.1, -0.05) is 0 Å². The van der Waals surface area contributed by atoms with Gasteiger partial charge in [-0.25, -0.2) is 9.59 Å². The summed E-state index contributed by atoms with van der Waals surface area (Å²) in [5.74, 6) is 1.83. The minimum atomic E-state index is -0.625. The van der Waals surface area contributed by atoms with E-state index in [1.54, 1.807) is 16.7 Å². The van der Waals surface area contributed by atoms with Gasteiger partial charge >= 0.3 is 11.8 Å². The van der Waals surface area contributed by atoms with Crippen LogP contribution in [0.3, 0.4) is 0 Å². The van der Waals surface area contributed by atoms with Crippen molar-refractivity contribution in [2.45, 2.75) is 70.2 Å². The molecular weight excluding hydrogens is 524 g/mol. The zero-order valence-electron chi connectivity index (χ0n) is 23.4. The molecule has 4 fully saturated rings. The minimum absolute atomic E-state index is 0.0210. The number of rotatable bonds is 6. The molecule has 5 heterocycles. The van der Waals surface area contributed by atoms with Gasteiger partial charge in [0, 0.05) is 50.4 Å².